The number of rotatable bonds is 5. The van der Waals surface area contributed by atoms with Crippen LogP contribution in [0, 0.1) is 11.3 Å². The Labute approximate surface area is 165 Å². The summed E-state index contributed by atoms with van der Waals surface area (Å²) in [5.74, 6) is 0.593. The molecular formula is C23H22N4O. The van der Waals surface area contributed by atoms with E-state index in [1.807, 2.05) is 66.7 Å². The van der Waals surface area contributed by atoms with E-state index in [1.54, 1.807) is 0 Å². The molecule has 1 unspecified atom stereocenters. The van der Waals surface area contributed by atoms with E-state index in [1.165, 1.54) is 0 Å². The van der Waals surface area contributed by atoms with Crippen molar-refractivity contribution in [2.75, 3.05) is 31.6 Å². The number of anilines is 1. The van der Waals surface area contributed by atoms with Gasteiger partial charge in [-0.3, -0.25) is 0 Å². The van der Waals surface area contributed by atoms with Crippen LogP contribution in [0.5, 0.6) is 0 Å². The second kappa shape index (κ2) is 8.66. The number of hydrogen-bond acceptors (Lipinski definition) is 5. The highest BCUT2D eigenvalue weighted by molar-refractivity contribution is 5.83. The molecule has 1 aromatic heterocycles. The molecule has 1 aliphatic heterocycles. The molecule has 1 aliphatic rings. The highest BCUT2D eigenvalue weighted by atomic mass is 16.5. The molecule has 1 fully saturated rings. The zero-order chi connectivity index (χ0) is 19.2. The largest absolute Gasteiger partial charge is 0.374 e. The Bertz CT molecular complexity index is 961. The lowest BCUT2D eigenvalue weighted by atomic mass is 9.97. The smallest absolute Gasteiger partial charge is 0.144 e. The molecule has 5 nitrogen and oxygen atoms in total. The first-order chi connectivity index (χ1) is 13.8. The lowest BCUT2D eigenvalue weighted by Gasteiger charge is -2.24. The van der Waals surface area contributed by atoms with Crippen molar-refractivity contribution >= 4 is 5.82 Å². The third kappa shape index (κ3) is 4.04. The molecule has 0 bridgehead atoms. The number of hydrogen-bond donors (Lipinski definition) is 2. The van der Waals surface area contributed by atoms with Gasteiger partial charge in [-0.1, -0.05) is 60.7 Å². The molecule has 2 heterocycles. The molecule has 0 amide bonds. The van der Waals surface area contributed by atoms with Crippen molar-refractivity contribution in [1.82, 2.24) is 10.3 Å². The van der Waals surface area contributed by atoms with Gasteiger partial charge in [-0.25, -0.2) is 4.98 Å². The van der Waals surface area contributed by atoms with Crippen LogP contribution in [0.1, 0.15) is 5.56 Å². The van der Waals surface area contributed by atoms with Crippen LogP contribution in [0.3, 0.4) is 0 Å². The summed E-state index contributed by atoms with van der Waals surface area (Å²) in [7, 11) is 0. The average Bonchev–Trinajstić information content (AvgIpc) is 2.79. The van der Waals surface area contributed by atoms with Gasteiger partial charge in [0.1, 0.15) is 11.9 Å². The lowest BCUT2D eigenvalue weighted by molar-refractivity contribution is 0.0372. The average molecular weight is 370 g/mol. The quantitative estimate of drug-likeness (QED) is 0.717. The normalized spacial score (nSPS) is 16.3. The minimum absolute atomic E-state index is 0.0658. The van der Waals surface area contributed by atoms with Crippen molar-refractivity contribution in [2.45, 2.75) is 6.10 Å². The molecular weight excluding hydrogens is 348 g/mol. The summed E-state index contributed by atoms with van der Waals surface area (Å²) in [5, 5.41) is 16.4. The molecule has 1 saturated heterocycles. The Morgan fingerprint density at radius 1 is 1.07 bits per heavy atom. The van der Waals surface area contributed by atoms with Crippen molar-refractivity contribution in [2.24, 2.45) is 0 Å². The maximum Gasteiger partial charge on any atom is 0.144 e. The van der Waals surface area contributed by atoms with E-state index >= 15 is 0 Å². The van der Waals surface area contributed by atoms with Crippen LogP contribution < -0.4 is 10.6 Å². The zero-order valence-electron chi connectivity index (χ0n) is 15.6. The Morgan fingerprint density at radius 3 is 2.43 bits per heavy atom. The monoisotopic (exact) mass is 370 g/mol. The summed E-state index contributed by atoms with van der Waals surface area (Å²) in [6, 6.07) is 24.3. The van der Waals surface area contributed by atoms with E-state index in [4.69, 9.17) is 9.72 Å². The molecule has 5 heteroatoms. The molecule has 4 rings (SSSR count). The number of pyridine rings is 1. The number of aromatic nitrogens is 1. The van der Waals surface area contributed by atoms with E-state index in [0.717, 1.165) is 35.5 Å². The van der Waals surface area contributed by atoms with Gasteiger partial charge in [0.2, 0.25) is 0 Å². The molecule has 140 valence electrons. The van der Waals surface area contributed by atoms with Gasteiger partial charge in [0.15, 0.2) is 0 Å². The van der Waals surface area contributed by atoms with E-state index in [2.05, 4.69) is 16.7 Å². The number of morpholine rings is 1. The number of nitriles is 1. The Hall–Kier alpha value is -3.20. The highest BCUT2D eigenvalue weighted by Gasteiger charge is 2.17. The van der Waals surface area contributed by atoms with Gasteiger partial charge in [0, 0.05) is 30.8 Å². The van der Waals surface area contributed by atoms with Gasteiger partial charge >= 0.3 is 0 Å². The third-order valence-corrected chi connectivity index (χ3v) is 4.78. The summed E-state index contributed by atoms with van der Waals surface area (Å²) in [6.07, 6.45) is 0.0658. The SMILES string of the molecule is N#Cc1cc(-c2ccccc2)c(-c2ccccc2)nc1NCC1CNCCO1. The first kappa shape index (κ1) is 18.2. The van der Waals surface area contributed by atoms with Crippen LogP contribution in [-0.4, -0.2) is 37.3 Å². The number of benzene rings is 2. The van der Waals surface area contributed by atoms with E-state index < -0.39 is 0 Å². The summed E-state index contributed by atoms with van der Waals surface area (Å²) in [4.78, 5) is 4.86. The van der Waals surface area contributed by atoms with Crippen molar-refractivity contribution in [3.8, 4) is 28.5 Å². The van der Waals surface area contributed by atoms with E-state index in [0.29, 0.717) is 24.5 Å². The minimum Gasteiger partial charge on any atom is -0.374 e. The van der Waals surface area contributed by atoms with Crippen molar-refractivity contribution in [1.29, 1.82) is 5.26 Å². The highest BCUT2D eigenvalue weighted by Crippen LogP contribution is 2.33. The molecule has 0 aliphatic carbocycles. The molecule has 28 heavy (non-hydrogen) atoms. The fraction of sp³-hybridized carbons (Fsp3) is 0.217. The van der Waals surface area contributed by atoms with Crippen LogP contribution in [0.4, 0.5) is 5.82 Å². The molecule has 2 aromatic carbocycles. The first-order valence-corrected chi connectivity index (χ1v) is 9.47. The molecule has 0 saturated carbocycles. The Morgan fingerprint density at radius 2 is 1.79 bits per heavy atom. The number of ether oxygens (including phenoxy) is 1. The summed E-state index contributed by atoms with van der Waals surface area (Å²) in [5.41, 5.74) is 4.39. The maximum absolute atomic E-state index is 9.71. The van der Waals surface area contributed by atoms with Gasteiger partial charge < -0.3 is 15.4 Å². The van der Waals surface area contributed by atoms with Gasteiger partial charge in [-0.05, 0) is 11.6 Å². The van der Waals surface area contributed by atoms with E-state index in [9.17, 15) is 5.26 Å². The van der Waals surface area contributed by atoms with Crippen LogP contribution in [-0.2, 0) is 4.74 Å². The van der Waals surface area contributed by atoms with Crippen molar-refractivity contribution in [3.63, 3.8) is 0 Å². The maximum atomic E-state index is 9.71. The summed E-state index contributed by atoms with van der Waals surface area (Å²) in [6.45, 7) is 2.98. The second-order valence-corrected chi connectivity index (χ2v) is 6.70. The summed E-state index contributed by atoms with van der Waals surface area (Å²) < 4.78 is 5.75. The fourth-order valence-electron chi connectivity index (χ4n) is 3.35. The van der Waals surface area contributed by atoms with Crippen molar-refractivity contribution in [3.05, 3.63) is 72.3 Å². The molecule has 2 N–H and O–H groups in total. The standard InChI is InChI=1S/C23H22N4O/c24-14-19-13-21(17-7-3-1-4-8-17)22(18-9-5-2-6-10-18)27-23(19)26-16-20-15-25-11-12-28-20/h1-10,13,20,25H,11-12,15-16H2,(H,26,27). The summed E-state index contributed by atoms with van der Waals surface area (Å²) >= 11 is 0. The van der Waals surface area contributed by atoms with Gasteiger partial charge in [-0.15, -0.1) is 0 Å². The number of nitrogens with zero attached hydrogens (tertiary/aromatic N) is 2. The second-order valence-electron chi connectivity index (χ2n) is 6.70. The molecule has 0 radical (unpaired) electrons. The van der Waals surface area contributed by atoms with Crippen molar-refractivity contribution < 1.29 is 4.74 Å². The number of nitrogens with one attached hydrogen (secondary N) is 2. The predicted molar refractivity (Wildman–Crippen MR) is 111 cm³/mol. The van der Waals surface area contributed by atoms with Gasteiger partial charge in [0.05, 0.1) is 24.0 Å². The van der Waals surface area contributed by atoms with Crippen LogP contribution in [0.15, 0.2) is 66.7 Å². The molecule has 1 atom stereocenters. The Balaban J connectivity index is 1.74. The Kier molecular flexibility index (Phi) is 5.62. The zero-order valence-corrected chi connectivity index (χ0v) is 15.6. The fourth-order valence-corrected chi connectivity index (χ4v) is 3.35. The molecule has 3 aromatic rings. The first-order valence-electron chi connectivity index (χ1n) is 9.47. The van der Waals surface area contributed by atoms with Gasteiger partial charge in [-0.2, -0.15) is 5.26 Å². The van der Waals surface area contributed by atoms with Gasteiger partial charge in [0.25, 0.3) is 0 Å². The van der Waals surface area contributed by atoms with Crippen LogP contribution in [0.2, 0.25) is 0 Å². The predicted octanol–water partition coefficient (Wildman–Crippen LogP) is 3.69. The minimum atomic E-state index is 0.0658. The topological polar surface area (TPSA) is 70.0 Å². The van der Waals surface area contributed by atoms with E-state index in [-0.39, 0.29) is 6.10 Å². The lowest BCUT2D eigenvalue weighted by Crippen LogP contribution is -2.42. The molecule has 0 spiro atoms. The van der Waals surface area contributed by atoms with Crippen LogP contribution in [0.25, 0.3) is 22.4 Å². The third-order valence-electron chi connectivity index (χ3n) is 4.78. The van der Waals surface area contributed by atoms with Crippen LogP contribution >= 0.6 is 0 Å².